The third-order valence-electron chi connectivity index (χ3n) is 6.02. The van der Waals surface area contributed by atoms with E-state index >= 15 is 0 Å². The minimum atomic E-state index is 0.754. The molecule has 1 fully saturated rings. The predicted octanol–water partition coefficient (Wildman–Crippen LogP) is 4.67. The molecule has 0 N–H and O–H groups in total. The summed E-state index contributed by atoms with van der Waals surface area (Å²) in [5.74, 6) is 4.08. The van der Waals surface area contributed by atoms with Gasteiger partial charge in [-0.15, -0.1) is 0 Å². The van der Waals surface area contributed by atoms with Gasteiger partial charge >= 0.3 is 0 Å². The Labute approximate surface area is 115 Å². The topological polar surface area (TPSA) is 3.24 Å². The largest absolute Gasteiger partial charge is 0.300 e. The monoisotopic (exact) mass is 253 g/mol. The Morgan fingerprint density at radius 1 is 0.611 bits per heavy atom. The molecule has 5 atom stereocenters. The Morgan fingerprint density at radius 2 is 1.06 bits per heavy atom. The maximum absolute atomic E-state index is 2.70. The molecular weight excluding hydrogens is 218 g/mol. The SMILES string of the molecule is CC(C)C(C)C(C)C(C)C(C)C(C)N1CCCC1. The van der Waals surface area contributed by atoms with Crippen LogP contribution in [0.1, 0.15) is 61.3 Å². The molecule has 1 nitrogen and oxygen atoms in total. The van der Waals surface area contributed by atoms with Crippen LogP contribution in [0.4, 0.5) is 0 Å². The molecule has 0 spiro atoms. The summed E-state index contributed by atoms with van der Waals surface area (Å²) in [6.45, 7) is 19.7. The standard InChI is InChI=1S/C17H35N/c1-12(2)13(3)14(4)15(5)16(6)17(7)18-10-8-9-11-18/h12-17H,8-11H2,1-7H3. The van der Waals surface area contributed by atoms with Crippen molar-refractivity contribution in [1.82, 2.24) is 4.90 Å². The third-order valence-corrected chi connectivity index (χ3v) is 6.02. The van der Waals surface area contributed by atoms with E-state index in [2.05, 4.69) is 53.4 Å². The molecule has 0 amide bonds. The second kappa shape index (κ2) is 6.93. The van der Waals surface area contributed by atoms with Gasteiger partial charge in [-0.1, -0.05) is 41.5 Å². The zero-order chi connectivity index (χ0) is 13.9. The van der Waals surface area contributed by atoms with Crippen LogP contribution in [0.2, 0.25) is 0 Å². The number of rotatable bonds is 6. The van der Waals surface area contributed by atoms with E-state index in [1.807, 2.05) is 0 Å². The summed E-state index contributed by atoms with van der Waals surface area (Å²) in [5, 5.41) is 0. The van der Waals surface area contributed by atoms with Crippen molar-refractivity contribution in [3.05, 3.63) is 0 Å². The molecule has 1 rings (SSSR count). The Hall–Kier alpha value is -0.0400. The number of likely N-dealkylation sites (tertiary alicyclic amines) is 1. The molecule has 0 aromatic carbocycles. The molecule has 1 heteroatoms. The number of hydrogen-bond acceptors (Lipinski definition) is 1. The van der Waals surface area contributed by atoms with Gasteiger partial charge in [0.25, 0.3) is 0 Å². The number of nitrogens with zero attached hydrogens (tertiary/aromatic N) is 1. The quantitative estimate of drug-likeness (QED) is 0.665. The van der Waals surface area contributed by atoms with E-state index in [9.17, 15) is 0 Å². The van der Waals surface area contributed by atoms with E-state index in [-0.39, 0.29) is 0 Å². The van der Waals surface area contributed by atoms with Crippen molar-refractivity contribution < 1.29 is 0 Å². The van der Waals surface area contributed by atoms with Gasteiger partial charge in [-0.3, -0.25) is 0 Å². The molecule has 1 heterocycles. The lowest BCUT2D eigenvalue weighted by atomic mass is 9.72. The highest BCUT2D eigenvalue weighted by molar-refractivity contribution is 4.83. The normalized spacial score (nSPS) is 26.0. The van der Waals surface area contributed by atoms with E-state index in [4.69, 9.17) is 0 Å². The van der Waals surface area contributed by atoms with Crippen molar-refractivity contribution in [1.29, 1.82) is 0 Å². The maximum Gasteiger partial charge on any atom is 0.00951 e. The lowest BCUT2D eigenvalue weighted by molar-refractivity contribution is 0.105. The first-order chi connectivity index (χ1) is 8.36. The number of hydrogen-bond donors (Lipinski definition) is 0. The van der Waals surface area contributed by atoms with Crippen LogP contribution in [0.25, 0.3) is 0 Å². The van der Waals surface area contributed by atoms with Crippen LogP contribution >= 0.6 is 0 Å². The zero-order valence-electron chi connectivity index (χ0n) is 13.7. The Morgan fingerprint density at radius 3 is 1.50 bits per heavy atom. The van der Waals surface area contributed by atoms with Gasteiger partial charge in [0.2, 0.25) is 0 Å². The highest BCUT2D eigenvalue weighted by Crippen LogP contribution is 2.34. The fourth-order valence-electron chi connectivity index (χ4n) is 3.49. The van der Waals surface area contributed by atoms with Crippen molar-refractivity contribution in [3.8, 4) is 0 Å². The van der Waals surface area contributed by atoms with Gasteiger partial charge in [-0.2, -0.15) is 0 Å². The van der Waals surface area contributed by atoms with Gasteiger partial charge < -0.3 is 4.90 Å². The first-order valence-electron chi connectivity index (χ1n) is 8.10. The maximum atomic E-state index is 2.70. The van der Waals surface area contributed by atoms with Crippen LogP contribution in [0.5, 0.6) is 0 Å². The average molecular weight is 253 g/mol. The summed E-state index contributed by atoms with van der Waals surface area (Å²) < 4.78 is 0. The Bertz CT molecular complexity index is 218. The molecule has 0 aromatic rings. The molecule has 5 unspecified atom stereocenters. The molecule has 0 radical (unpaired) electrons. The van der Waals surface area contributed by atoms with Gasteiger partial charge in [0, 0.05) is 6.04 Å². The minimum absolute atomic E-state index is 0.754. The summed E-state index contributed by atoms with van der Waals surface area (Å²) >= 11 is 0. The molecule has 1 aliphatic heterocycles. The van der Waals surface area contributed by atoms with Crippen LogP contribution in [-0.2, 0) is 0 Å². The predicted molar refractivity (Wildman–Crippen MR) is 81.8 cm³/mol. The fraction of sp³-hybridized carbons (Fsp3) is 1.00. The van der Waals surface area contributed by atoms with E-state index < -0.39 is 0 Å². The van der Waals surface area contributed by atoms with Crippen molar-refractivity contribution in [2.24, 2.45) is 29.6 Å². The van der Waals surface area contributed by atoms with Crippen molar-refractivity contribution >= 4 is 0 Å². The molecule has 0 aliphatic carbocycles. The first-order valence-corrected chi connectivity index (χ1v) is 8.10. The Kier molecular flexibility index (Phi) is 6.17. The van der Waals surface area contributed by atoms with Gasteiger partial charge in [0.15, 0.2) is 0 Å². The smallest absolute Gasteiger partial charge is 0.00951 e. The Balaban J connectivity index is 2.56. The van der Waals surface area contributed by atoms with Crippen molar-refractivity contribution in [3.63, 3.8) is 0 Å². The molecule has 0 saturated carbocycles. The van der Waals surface area contributed by atoms with Crippen molar-refractivity contribution in [2.45, 2.75) is 67.3 Å². The van der Waals surface area contributed by atoms with Crippen molar-refractivity contribution in [2.75, 3.05) is 13.1 Å². The molecule has 18 heavy (non-hydrogen) atoms. The van der Waals surface area contributed by atoms with Crippen LogP contribution in [0, 0.1) is 29.6 Å². The average Bonchev–Trinajstić information content (AvgIpc) is 2.87. The van der Waals surface area contributed by atoms with Crippen LogP contribution < -0.4 is 0 Å². The molecular formula is C17H35N. The molecule has 0 bridgehead atoms. The van der Waals surface area contributed by atoms with Gasteiger partial charge in [-0.25, -0.2) is 0 Å². The van der Waals surface area contributed by atoms with Crippen LogP contribution in [0.15, 0.2) is 0 Å². The lowest BCUT2D eigenvalue weighted by Crippen LogP contribution is -2.40. The highest BCUT2D eigenvalue weighted by atomic mass is 15.2. The summed E-state index contributed by atoms with van der Waals surface area (Å²) in [4.78, 5) is 2.70. The summed E-state index contributed by atoms with van der Waals surface area (Å²) in [7, 11) is 0. The van der Waals surface area contributed by atoms with Crippen LogP contribution in [0.3, 0.4) is 0 Å². The summed E-state index contributed by atoms with van der Waals surface area (Å²) in [6.07, 6.45) is 2.81. The van der Waals surface area contributed by atoms with Crippen LogP contribution in [-0.4, -0.2) is 24.0 Å². The minimum Gasteiger partial charge on any atom is -0.300 e. The van der Waals surface area contributed by atoms with E-state index in [1.54, 1.807) is 0 Å². The lowest BCUT2D eigenvalue weighted by Gasteiger charge is -2.38. The van der Waals surface area contributed by atoms with Gasteiger partial charge in [0.05, 0.1) is 0 Å². The molecule has 0 aromatic heterocycles. The van der Waals surface area contributed by atoms with E-state index in [0.29, 0.717) is 0 Å². The van der Waals surface area contributed by atoms with E-state index in [1.165, 1.54) is 25.9 Å². The zero-order valence-corrected chi connectivity index (χ0v) is 13.7. The van der Waals surface area contributed by atoms with Gasteiger partial charge in [-0.05, 0) is 62.4 Å². The summed E-state index contributed by atoms with van der Waals surface area (Å²) in [6, 6.07) is 0.754. The summed E-state index contributed by atoms with van der Waals surface area (Å²) in [5.41, 5.74) is 0. The van der Waals surface area contributed by atoms with Gasteiger partial charge in [0.1, 0.15) is 0 Å². The molecule has 108 valence electrons. The molecule has 1 aliphatic rings. The third kappa shape index (κ3) is 3.73. The molecule has 1 saturated heterocycles. The second-order valence-corrected chi connectivity index (χ2v) is 7.16. The van der Waals surface area contributed by atoms with E-state index in [0.717, 1.165) is 35.6 Å². The first kappa shape index (κ1) is 16.0. The fourth-order valence-corrected chi connectivity index (χ4v) is 3.49. The second-order valence-electron chi connectivity index (χ2n) is 7.16. The highest BCUT2D eigenvalue weighted by Gasteiger charge is 2.31.